The number of hydrogen-bond acceptors (Lipinski definition) is 3. The van der Waals surface area contributed by atoms with Gasteiger partial charge in [0.25, 0.3) is 5.91 Å². The molecule has 1 aromatic carbocycles. The minimum absolute atomic E-state index is 0.0707. The fourth-order valence-corrected chi connectivity index (χ4v) is 2.31. The summed E-state index contributed by atoms with van der Waals surface area (Å²) < 4.78 is 43.2. The van der Waals surface area contributed by atoms with E-state index in [1.807, 2.05) is 0 Å². The van der Waals surface area contributed by atoms with Gasteiger partial charge >= 0.3 is 6.18 Å². The lowest BCUT2D eigenvalue weighted by Crippen LogP contribution is -2.49. The van der Waals surface area contributed by atoms with Crippen molar-refractivity contribution >= 4 is 11.8 Å². The predicted molar refractivity (Wildman–Crippen MR) is 88.1 cm³/mol. The van der Waals surface area contributed by atoms with E-state index in [4.69, 9.17) is 4.42 Å². The molecule has 0 aliphatic heterocycles. The van der Waals surface area contributed by atoms with Crippen LogP contribution in [0.2, 0.25) is 0 Å². The fourth-order valence-electron chi connectivity index (χ4n) is 2.31. The zero-order chi connectivity index (χ0) is 19.3. The molecule has 2 amide bonds. The highest BCUT2D eigenvalue weighted by molar-refractivity contribution is 5.95. The molecule has 0 radical (unpaired) electrons. The molecule has 1 aromatic heterocycles. The second kappa shape index (κ2) is 8.07. The van der Waals surface area contributed by atoms with E-state index in [9.17, 15) is 22.8 Å². The normalized spacial score (nSPS) is 12.7. The first-order valence-corrected chi connectivity index (χ1v) is 7.96. The minimum Gasteiger partial charge on any atom is -0.459 e. The average molecular weight is 368 g/mol. The van der Waals surface area contributed by atoms with Crippen molar-refractivity contribution in [2.24, 2.45) is 5.92 Å². The second-order valence-corrected chi connectivity index (χ2v) is 6.09. The van der Waals surface area contributed by atoms with Gasteiger partial charge in [0.15, 0.2) is 5.76 Å². The number of amides is 2. The number of alkyl halides is 3. The molecule has 2 rings (SSSR count). The van der Waals surface area contributed by atoms with Crippen LogP contribution in [0.3, 0.4) is 0 Å². The first-order chi connectivity index (χ1) is 12.2. The number of benzene rings is 1. The van der Waals surface area contributed by atoms with Crippen LogP contribution in [-0.4, -0.2) is 17.9 Å². The first kappa shape index (κ1) is 19.6. The molecule has 0 bridgehead atoms. The van der Waals surface area contributed by atoms with Crippen LogP contribution in [0.4, 0.5) is 13.2 Å². The van der Waals surface area contributed by atoms with Gasteiger partial charge in [0.2, 0.25) is 5.91 Å². The Morgan fingerprint density at radius 2 is 1.88 bits per heavy atom. The Morgan fingerprint density at radius 1 is 1.15 bits per heavy atom. The second-order valence-electron chi connectivity index (χ2n) is 6.09. The van der Waals surface area contributed by atoms with Crippen LogP contribution >= 0.6 is 0 Å². The Labute approximate surface area is 148 Å². The van der Waals surface area contributed by atoms with E-state index in [0.29, 0.717) is 5.56 Å². The zero-order valence-electron chi connectivity index (χ0n) is 14.3. The Bertz CT molecular complexity index is 755. The van der Waals surface area contributed by atoms with E-state index < -0.39 is 29.6 Å². The van der Waals surface area contributed by atoms with E-state index in [1.54, 1.807) is 19.9 Å². The number of halogens is 3. The third kappa shape index (κ3) is 5.11. The van der Waals surface area contributed by atoms with Gasteiger partial charge in [-0.1, -0.05) is 26.0 Å². The van der Waals surface area contributed by atoms with Crippen molar-refractivity contribution in [3.8, 4) is 0 Å². The molecule has 5 nitrogen and oxygen atoms in total. The van der Waals surface area contributed by atoms with Gasteiger partial charge in [-0.05, 0) is 35.7 Å². The van der Waals surface area contributed by atoms with Gasteiger partial charge in [-0.25, -0.2) is 0 Å². The monoisotopic (exact) mass is 368 g/mol. The minimum atomic E-state index is -4.45. The molecule has 0 fully saturated rings. The number of furan rings is 1. The summed E-state index contributed by atoms with van der Waals surface area (Å²) in [5.41, 5.74) is -0.469. The lowest BCUT2D eigenvalue weighted by molar-refractivity contribution is -0.137. The van der Waals surface area contributed by atoms with Gasteiger partial charge in [0, 0.05) is 6.54 Å². The molecule has 0 aliphatic carbocycles. The van der Waals surface area contributed by atoms with Crippen molar-refractivity contribution in [1.29, 1.82) is 0 Å². The Morgan fingerprint density at radius 3 is 2.46 bits per heavy atom. The van der Waals surface area contributed by atoms with Crippen LogP contribution in [0.5, 0.6) is 0 Å². The fraction of sp³-hybridized carbons (Fsp3) is 0.333. The van der Waals surface area contributed by atoms with Crippen molar-refractivity contribution < 1.29 is 27.2 Å². The quantitative estimate of drug-likeness (QED) is 0.821. The molecule has 0 aliphatic rings. The van der Waals surface area contributed by atoms with Crippen molar-refractivity contribution in [3.05, 3.63) is 59.5 Å². The highest BCUT2D eigenvalue weighted by atomic mass is 19.4. The lowest BCUT2D eigenvalue weighted by atomic mass is 10.0. The maximum absolute atomic E-state index is 12.7. The molecule has 0 saturated heterocycles. The molecule has 2 N–H and O–H groups in total. The summed E-state index contributed by atoms with van der Waals surface area (Å²) in [6, 6.07) is 6.88. The van der Waals surface area contributed by atoms with Gasteiger partial charge in [-0.3, -0.25) is 9.59 Å². The molecular formula is C18H19F3N2O3. The van der Waals surface area contributed by atoms with Gasteiger partial charge in [-0.15, -0.1) is 0 Å². The van der Waals surface area contributed by atoms with Gasteiger partial charge < -0.3 is 15.1 Å². The van der Waals surface area contributed by atoms with Crippen molar-refractivity contribution in [3.63, 3.8) is 0 Å². The summed E-state index contributed by atoms with van der Waals surface area (Å²) in [5, 5.41) is 5.12. The Hall–Kier alpha value is -2.77. The van der Waals surface area contributed by atoms with Gasteiger partial charge in [-0.2, -0.15) is 13.2 Å². The molecule has 0 spiro atoms. The average Bonchev–Trinajstić information content (AvgIpc) is 3.11. The van der Waals surface area contributed by atoms with E-state index in [2.05, 4.69) is 10.6 Å². The maximum atomic E-state index is 12.7. The van der Waals surface area contributed by atoms with Crippen molar-refractivity contribution in [1.82, 2.24) is 10.6 Å². The van der Waals surface area contributed by atoms with Crippen LogP contribution in [0.25, 0.3) is 0 Å². The topological polar surface area (TPSA) is 71.3 Å². The predicted octanol–water partition coefficient (Wildman–Crippen LogP) is 3.37. The summed E-state index contributed by atoms with van der Waals surface area (Å²) in [6.07, 6.45) is -3.11. The van der Waals surface area contributed by atoms with Crippen LogP contribution in [-0.2, 0) is 17.5 Å². The molecule has 140 valence electrons. The lowest BCUT2D eigenvalue weighted by Gasteiger charge is -2.21. The summed E-state index contributed by atoms with van der Waals surface area (Å²) in [4.78, 5) is 24.4. The maximum Gasteiger partial charge on any atom is 0.416 e. The molecule has 1 heterocycles. The van der Waals surface area contributed by atoms with Crippen LogP contribution < -0.4 is 10.6 Å². The van der Waals surface area contributed by atoms with Crippen LogP contribution in [0.1, 0.15) is 35.5 Å². The summed E-state index contributed by atoms with van der Waals surface area (Å²) >= 11 is 0. The van der Waals surface area contributed by atoms with Crippen LogP contribution in [0, 0.1) is 5.92 Å². The summed E-state index contributed by atoms with van der Waals surface area (Å²) in [6.45, 7) is 3.41. The van der Waals surface area contributed by atoms with E-state index in [-0.39, 0.29) is 18.2 Å². The van der Waals surface area contributed by atoms with Gasteiger partial charge in [0.05, 0.1) is 11.8 Å². The molecule has 8 heteroatoms. The largest absolute Gasteiger partial charge is 0.459 e. The molecular weight excluding hydrogens is 349 g/mol. The van der Waals surface area contributed by atoms with E-state index >= 15 is 0 Å². The third-order valence-electron chi connectivity index (χ3n) is 3.70. The molecule has 1 unspecified atom stereocenters. The van der Waals surface area contributed by atoms with Gasteiger partial charge in [0.1, 0.15) is 6.04 Å². The van der Waals surface area contributed by atoms with E-state index in [0.717, 1.165) is 12.1 Å². The standard InChI is InChI=1S/C18H19F3N2O3/c1-11(2)15(23-16(24)14-7-4-8-26-14)17(25)22-10-12-5-3-6-13(9-12)18(19,20)21/h3-9,11,15H,10H2,1-2H3,(H,22,25)(H,23,24). The third-order valence-corrected chi connectivity index (χ3v) is 3.70. The Kier molecular flexibility index (Phi) is 6.07. The van der Waals surface area contributed by atoms with Crippen molar-refractivity contribution in [2.75, 3.05) is 0 Å². The van der Waals surface area contributed by atoms with Crippen molar-refractivity contribution in [2.45, 2.75) is 32.6 Å². The Balaban J connectivity index is 2.01. The van der Waals surface area contributed by atoms with Crippen LogP contribution in [0.15, 0.2) is 47.1 Å². The molecule has 0 saturated carbocycles. The SMILES string of the molecule is CC(C)C(NC(=O)c1ccco1)C(=O)NCc1cccc(C(F)(F)F)c1. The number of hydrogen-bond donors (Lipinski definition) is 2. The number of carbonyl (C=O) groups is 2. The zero-order valence-corrected chi connectivity index (χ0v) is 14.3. The summed E-state index contributed by atoms with van der Waals surface area (Å²) in [7, 11) is 0. The smallest absolute Gasteiger partial charge is 0.416 e. The first-order valence-electron chi connectivity index (χ1n) is 7.96. The molecule has 26 heavy (non-hydrogen) atoms. The molecule has 2 aromatic rings. The number of carbonyl (C=O) groups excluding carboxylic acids is 2. The number of nitrogens with one attached hydrogen (secondary N) is 2. The van der Waals surface area contributed by atoms with E-state index in [1.165, 1.54) is 24.5 Å². The highest BCUT2D eigenvalue weighted by Crippen LogP contribution is 2.29. The highest BCUT2D eigenvalue weighted by Gasteiger charge is 2.30. The number of rotatable bonds is 6. The summed E-state index contributed by atoms with van der Waals surface area (Å²) in [5.74, 6) is -1.18. The molecule has 1 atom stereocenters.